The summed E-state index contributed by atoms with van der Waals surface area (Å²) in [6.45, 7) is 8.19. The first-order chi connectivity index (χ1) is 9.54. The molecule has 4 nitrogen and oxygen atoms in total. The maximum atomic E-state index is 12.1. The average molecular weight is 275 g/mol. The molecule has 0 spiro atoms. The number of hydrogen-bond donors (Lipinski definition) is 1. The van der Waals surface area contributed by atoms with Gasteiger partial charge in [0.25, 0.3) is 0 Å². The monoisotopic (exact) mass is 275 g/mol. The van der Waals surface area contributed by atoms with E-state index in [1.165, 1.54) is 5.57 Å². The Kier molecular flexibility index (Phi) is 5.97. The molecule has 0 aliphatic carbocycles. The highest BCUT2D eigenvalue weighted by molar-refractivity contribution is 5.95. The SMILES string of the molecule is C=C/C=C1C(=C/CC)/C(=C\C)CCN/1C(=O)CC(=O)O. The molecule has 0 aromatic rings. The Hall–Kier alpha value is -2.10. The topological polar surface area (TPSA) is 57.6 Å². The van der Waals surface area contributed by atoms with Crippen LogP contribution >= 0.6 is 0 Å². The number of rotatable bonds is 4. The molecular formula is C16H21NO3. The van der Waals surface area contributed by atoms with Gasteiger partial charge in [-0.15, -0.1) is 0 Å². The number of allylic oxidation sites excluding steroid dienone is 5. The van der Waals surface area contributed by atoms with E-state index in [4.69, 9.17) is 5.11 Å². The number of carboxylic acids is 1. The van der Waals surface area contributed by atoms with Crippen LogP contribution in [0, 0.1) is 0 Å². The van der Waals surface area contributed by atoms with Crippen molar-refractivity contribution in [3.63, 3.8) is 0 Å². The molecule has 0 atom stereocenters. The van der Waals surface area contributed by atoms with E-state index in [0.717, 1.165) is 24.1 Å². The molecule has 1 amide bonds. The number of carboxylic acid groups (broad SMARTS) is 1. The van der Waals surface area contributed by atoms with Crippen molar-refractivity contribution < 1.29 is 14.7 Å². The molecule has 4 heteroatoms. The zero-order valence-corrected chi connectivity index (χ0v) is 12.1. The standard InChI is InChI=1S/C16H21NO3/c1-4-7-13-12(6-3)9-10-17(14(13)8-5-2)15(18)11-16(19)20/h5-8H,2,4,9-11H2,1,3H3,(H,19,20)/b12-6-,13-7+,14-8-. The van der Waals surface area contributed by atoms with Gasteiger partial charge in [-0.1, -0.05) is 31.7 Å². The second kappa shape index (κ2) is 7.48. The van der Waals surface area contributed by atoms with Gasteiger partial charge in [-0.05, 0) is 37.0 Å². The number of hydrogen-bond acceptors (Lipinski definition) is 2. The van der Waals surface area contributed by atoms with Crippen molar-refractivity contribution in [2.75, 3.05) is 6.54 Å². The van der Waals surface area contributed by atoms with E-state index in [9.17, 15) is 9.59 Å². The predicted molar refractivity (Wildman–Crippen MR) is 79.0 cm³/mol. The van der Waals surface area contributed by atoms with Gasteiger partial charge in [0.15, 0.2) is 0 Å². The number of nitrogens with zero attached hydrogens (tertiary/aromatic N) is 1. The fourth-order valence-electron chi connectivity index (χ4n) is 2.31. The van der Waals surface area contributed by atoms with Crippen molar-refractivity contribution in [2.24, 2.45) is 0 Å². The Balaban J connectivity index is 3.18. The van der Waals surface area contributed by atoms with Gasteiger partial charge in [0.05, 0.1) is 5.70 Å². The molecule has 0 bridgehead atoms. The molecule has 0 saturated carbocycles. The van der Waals surface area contributed by atoms with Crippen LogP contribution < -0.4 is 0 Å². The minimum Gasteiger partial charge on any atom is -0.481 e. The zero-order chi connectivity index (χ0) is 15.1. The fraction of sp³-hybridized carbons (Fsp3) is 0.375. The van der Waals surface area contributed by atoms with Crippen molar-refractivity contribution in [1.29, 1.82) is 0 Å². The minimum absolute atomic E-state index is 0.386. The average Bonchev–Trinajstić information content (AvgIpc) is 2.40. The Morgan fingerprint density at radius 2 is 2.15 bits per heavy atom. The van der Waals surface area contributed by atoms with Crippen LogP contribution in [-0.4, -0.2) is 28.4 Å². The molecule has 0 aromatic carbocycles. The van der Waals surface area contributed by atoms with E-state index in [2.05, 4.69) is 12.7 Å². The molecular weight excluding hydrogens is 254 g/mol. The molecule has 1 heterocycles. The highest BCUT2D eigenvalue weighted by atomic mass is 16.4. The lowest BCUT2D eigenvalue weighted by Gasteiger charge is -2.33. The largest absolute Gasteiger partial charge is 0.481 e. The lowest BCUT2D eigenvalue weighted by atomic mass is 9.92. The molecule has 0 aromatic heterocycles. The third-order valence-electron chi connectivity index (χ3n) is 3.15. The third-order valence-corrected chi connectivity index (χ3v) is 3.15. The number of carbonyl (C=O) groups excluding carboxylic acids is 1. The van der Waals surface area contributed by atoms with Crippen LogP contribution in [0.5, 0.6) is 0 Å². The second-order valence-electron chi connectivity index (χ2n) is 4.49. The zero-order valence-electron chi connectivity index (χ0n) is 12.1. The summed E-state index contributed by atoms with van der Waals surface area (Å²) in [6.07, 6.45) is 8.59. The summed E-state index contributed by atoms with van der Waals surface area (Å²) in [4.78, 5) is 24.3. The summed E-state index contributed by atoms with van der Waals surface area (Å²) in [7, 11) is 0. The molecule has 0 unspecified atom stereocenters. The maximum absolute atomic E-state index is 12.1. The number of aliphatic carboxylic acids is 1. The number of likely N-dealkylation sites (tertiary alicyclic amines) is 1. The molecule has 1 aliphatic rings. The molecule has 1 saturated heterocycles. The number of piperidine rings is 1. The summed E-state index contributed by atoms with van der Waals surface area (Å²) in [5.41, 5.74) is 2.92. The van der Waals surface area contributed by atoms with Gasteiger partial charge < -0.3 is 10.0 Å². The summed E-state index contributed by atoms with van der Waals surface area (Å²) >= 11 is 0. The predicted octanol–water partition coefficient (Wildman–Crippen LogP) is 3.05. The summed E-state index contributed by atoms with van der Waals surface area (Å²) in [5.74, 6) is -1.49. The van der Waals surface area contributed by atoms with Gasteiger partial charge in [-0.2, -0.15) is 0 Å². The van der Waals surface area contributed by atoms with Gasteiger partial charge >= 0.3 is 5.97 Å². The minimum atomic E-state index is -1.11. The summed E-state index contributed by atoms with van der Waals surface area (Å²) < 4.78 is 0. The van der Waals surface area contributed by atoms with E-state index in [1.54, 1.807) is 17.1 Å². The highest BCUT2D eigenvalue weighted by Crippen LogP contribution is 2.32. The molecule has 1 rings (SSSR count). The smallest absolute Gasteiger partial charge is 0.312 e. The molecule has 1 aliphatic heterocycles. The fourth-order valence-corrected chi connectivity index (χ4v) is 2.31. The van der Waals surface area contributed by atoms with E-state index < -0.39 is 12.4 Å². The summed E-state index contributed by atoms with van der Waals surface area (Å²) in [5, 5.41) is 8.79. The van der Waals surface area contributed by atoms with Gasteiger partial charge in [-0.25, -0.2) is 0 Å². The van der Waals surface area contributed by atoms with E-state index in [0.29, 0.717) is 6.54 Å². The van der Waals surface area contributed by atoms with Crippen LogP contribution in [0.25, 0.3) is 0 Å². The Bertz CT molecular complexity index is 498. The maximum Gasteiger partial charge on any atom is 0.312 e. The van der Waals surface area contributed by atoms with E-state index in [-0.39, 0.29) is 5.91 Å². The lowest BCUT2D eigenvalue weighted by Crippen LogP contribution is -2.37. The molecule has 1 N–H and O–H groups in total. The van der Waals surface area contributed by atoms with Gasteiger partial charge in [0.1, 0.15) is 6.42 Å². The van der Waals surface area contributed by atoms with Gasteiger partial charge in [-0.3, -0.25) is 9.59 Å². The molecule has 20 heavy (non-hydrogen) atoms. The van der Waals surface area contributed by atoms with Gasteiger partial charge in [0.2, 0.25) is 5.91 Å². The lowest BCUT2D eigenvalue weighted by molar-refractivity contribution is -0.143. The van der Waals surface area contributed by atoms with Crippen LogP contribution in [0.3, 0.4) is 0 Å². The van der Waals surface area contributed by atoms with Crippen molar-refractivity contribution in [1.82, 2.24) is 4.90 Å². The second-order valence-corrected chi connectivity index (χ2v) is 4.49. The van der Waals surface area contributed by atoms with Crippen molar-refractivity contribution in [3.8, 4) is 0 Å². The molecule has 0 radical (unpaired) electrons. The first-order valence-electron chi connectivity index (χ1n) is 6.76. The van der Waals surface area contributed by atoms with Crippen LogP contribution in [0.4, 0.5) is 0 Å². The van der Waals surface area contributed by atoms with Crippen LogP contribution in [0.1, 0.15) is 33.1 Å². The first kappa shape index (κ1) is 16.0. The quantitative estimate of drug-likeness (QED) is 0.802. The van der Waals surface area contributed by atoms with Crippen molar-refractivity contribution >= 4 is 11.9 Å². The molecule has 108 valence electrons. The Morgan fingerprint density at radius 3 is 2.65 bits per heavy atom. The van der Waals surface area contributed by atoms with Crippen molar-refractivity contribution in [3.05, 3.63) is 47.7 Å². The van der Waals surface area contributed by atoms with E-state index in [1.807, 2.05) is 19.9 Å². The first-order valence-corrected chi connectivity index (χ1v) is 6.76. The highest BCUT2D eigenvalue weighted by Gasteiger charge is 2.27. The molecule has 1 fully saturated rings. The Morgan fingerprint density at radius 1 is 1.45 bits per heavy atom. The Labute approximate surface area is 119 Å². The van der Waals surface area contributed by atoms with Crippen molar-refractivity contribution in [2.45, 2.75) is 33.1 Å². The van der Waals surface area contributed by atoms with Crippen LogP contribution in [0.2, 0.25) is 0 Å². The van der Waals surface area contributed by atoms with Crippen LogP contribution in [0.15, 0.2) is 47.7 Å². The normalized spacial score (nSPS) is 21.5. The number of amides is 1. The third kappa shape index (κ3) is 3.70. The van der Waals surface area contributed by atoms with Gasteiger partial charge in [0, 0.05) is 6.54 Å². The van der Waals surface area contributed by atoms with Crippen LogP contribution in [-0.2, 0) is 9.59 Å². The summed E-state index contributed by atoms with van der Waals surface area (Å²) in [6, 6.07) is 0. The van der Waals surface area contributed by atoms with E-state index >= 15 is 0 Å². The number of carbonyl (C=O) groups is 2.